The highest BCUT2D eigenvalue weighted by atomic mass is 16.5. The minimum atomic E-state index is -0.891. The van der Waals surface area contributed by atoms with E-state index in [1.165, 1.54) is 5.56 Å². The van der Waals surface area contributed by atoms with Crippen LogP contribution in [-0.4, -0.2) is 56.4 Å². The Morgan fingerprint density at radius 2 is 1.70 bits per heavy atom. The number of nitrogens with zero attached hydrogens (tertiary/aromatic N) is 2. The van der Waals surface area contributed by atoms with Gasteiger partial charge in [-0.3, -0.25) is 4.90 Å². The molecule has 1 atom stereocenters. The summed E-state index contributed by atoms with van der Waals surface area (Å²) in [7, 11) is 3.29. The van der Waals surface area contributed by atoms with Crippen molar-refractivity contribution in [2.75, 3.05) is 45.3 Å². The number of anilines is 1. The summed E-state index contributed by atoms with van der Waals surface area (Å²) >= 11 is 0. The maximum absolute atomic E-state index is 11.2. The van der Waals surface area contributed by atoms with E-state index in [1.54, 1.807) is 32.4 Å². The third-order valence-corrected chi connectivity index (χ3v) is 5.21. The molecule has 1 saturated heterocycles. The second-order valence-electron chi connectivity index (χ2n) is 6.67. The van der Waals surface area contributed by atoms with Gasteiger partial charge in [-0.1, -0.05) is 12.1 Å². The lowest BCUT2D eigenvalue weighted by Crippen LogP contribution is -2.47. The first-order valence-corrected chi connectivity index (χ1v) is 9.07. The molecule has 144 valence electrons. The molecule has 1 N–H and O–H groups in total. The van der Waals surface area contributed by atoms with E-state index in [4.69, 9.17) is 9.47 Å². The van der Waals surface area contributed by atoms with E-state index < -0.39 is 5.97 Å². The van der Waals surface area contributed by atoms with Crippen molar-refractivity contribution in [2.24, 2.45) is 0 Å². The lowest BCUT2D eigenvalue weighted by Gasteiger charge is -2.39. The number of ether oxygens (including phenoxy) is 2. The Balaban J connectivity index is 1.67. The molecule has 6 heteroatoms. The molecule has 2 aromatic rings. The highest BCUT2D eigenvalue weighted by Crippen LogP contribution is 2.32. The predicted octanol–water partition coefficient (Wildman–Crippen LogP) is 3.29. The van der Waals surface area contributed by atoms with Crippen molar-refractivity contribution in [3.05, 3.63) is 53.6 Å². The fraction of sp³-hybridized carbons (Fsp3) is 0.381. The zero-order valence-corrected chi connectivity index (χ0v) is 16.0. The number of rotatable bonds is 6. The van der Waals surface area contributed by atoms with Crippen LogP contribution in [0.4, 0.5) is 5.69 Å². The maximum atomic E-state index is 11.2. The van der Waals surface area contributed by atoms with Gasteiger partial charge in [-0.05, 0) is 42.8 Å². The highest BCUT2D eigenvalue weighted by Gasteiger charge is 2.23. The molecule has 1 aliphatic rings. The number of carbonyl (C=O) groups is 1. The van der Waals surface area contributed by atoms with E-state index in [9.17, 15) is 9.90 Å². The molecule has 0 radical (unpaired) electrons. The minimum Gasteiger partial charge on any atom is -0.493 e. The number of carboxylic acid groups (broad SMARTS) is 1. The van der Waals surface area contributed by atoms with Crippen LogP contribution in [0.2, 0.25) is 0 Å². The molecule has 0 aliphatic carbocycles. The van der Waals surface area contributed by atoms with Crippen LogP contribution >= 0.6 is 0 Å². The lowest BCUT2D eigenvalue weighted by atomic mass is 10.0. The summed E-state index contributed by atoms with van der Waals surface area (Å²) in [5.74, 6) is 0.583. The summed E-state index contributed by atoms with van der Waals surface area (Å²) in [6, 6.07) is 13.5. The Labute approximate surface area is 159 Å². The van der Waals surface area contributed by atoms with Gasteiger partial charge in [-0.15, -0.1) is 0 Å². The van der Waals surface area contributed by atoms with E-state index in [0.717, 1.165) is 43.4 Å². The molecule has 0 saturated carbocycles. The van der Waals surface area contributed by atoms with Crippen LogP contribution in [0, 0.1) is 0 Å². The SMILES string of the molecule is COc1ccc(C(C)N2CCN(c3cccc(C(=O)O)c3)CC2)cc1OC. The zero-order chi connectivity index (χ0) is 19.4. The number of benzene rings is 2. The number of piperazine rings is 1. The molecule has 1 heterocycles. The molecule has 0 amide bonds. The summed E-state index contributed by atoms with van der Waals surface area (Å²) in [5, 5.41) is 9.18. The van der Waals surface area contributed by atoms with Crippen molar-refractivity contribution in [1.29, 1.82) is 0 Å². The largest absolute Gasteiger partial charge is 0.493 e. The third-order valence-electron chi connectivity index (χ3n) is 5.21. The van der Waals surface area contributed by atoms with Crippen LogP contribution < -0.4 is 14.4 Å². The summed E-state index contributed by atoms with van der Waals surface area (Å²) < 4.78 is 10.7. The van der Waals surface area contributed by atoms with Gasteiger partial charge in [-0.2, -0.15) is 0 Å². The van der Waals surface area contributed by atoms with Crippen LogP contribution in [0.15, 0.2) is 42.5 Å². The van der Waals surface area contributed by atoms with Crippen molar-refractivity contribution in [3.63, 3.8) is 0 Å². The monoisotopic (exact) mass is 370 g/mol. The molecule has 0 aromatic heterocycles. The van der Waals surface area contributed by atoms with Gasteiger partial charge in [-0.25, -0.2) is 4.79 Å². The van der Waals surface area contributed by atoms with Gasteiger partial charge >= 0.3 is 5.97 Å². The van der Waals surface area contributed by atoms with Gasteiger partial charge in [0.05, 0.1) is 19.8 Å². The molecule has 0 spiro atoms. The first-order valence-electron chi connectivity index (χ1n) is 9.07. The van der Waals surface area contributed by atoms with E-state index in [-0.39, 0.29) is 6.04 Å². The number of aromatic carboxylic acids is 1. The van der Waals surface area contributed by atoms with Crippen LogP contribution in [0.1, 0.15) is 28.9 Å². The van der Waals surface area contributed by atoms with E-state index in [0.29, 0.717) is 5.56 Å². The van der Waals surface area contributed by atoms with Crippen molar-refractivity contribution >= 4 is 11.7 Å². The number of carboxylic acids is 1. The Kier molecular flexibility index (Phi) is 5.86. The first-order chi connectivity index (χ1) is 13.0. The molecule has 0 bridgehead atoms. The van der Waals surface area contributed by atoms with Crippen LogP contribution in [0.5, 0.6) is 11.5 Å². The number of hydrogen-bond donors (Lipinski definition) is 1. The Morgan fingerprint density at radius 3 is 2.33 bits per heavy atom. The average molecular weight is 370 g/mol. The highest BCUT2D eigenvalue weighted by molar-refractivity contribution is 5.88. The summed E-state index contributed by atoms with van der Waals surface area (Å²) in [5.41, 5.74) is 2.48. The van der Waals surface area contributed by atoms with Gasteiger partial charge in [0.15, 0.2) is 11.5 Å². The van der Waals surface area contributed by atoms with E-state index in [2.05, 4.69) is 22.8 Å². The van der Waals surface area contributed by atoms with Gasteiger partial charge in [0, 0.05) is 37.9 Å². The molecule has 1 aliphatic heterocycles. The predicted molar refractivity (Wildman–Crippen MR) is 105 cm³/mol. The molecule has 2 aromatic carbocycles. The molecule has 1 unspecified atom stereocenters. The van der Waals surface area contributed by atoms with Crippen LogP contribution in [0.3, 0.4) is 0 Å². The smallest absolute Gasteiger partial charge is 0.335 e. The Bertz CT molecular complexity index is 801. The molecule has 1 fully saturated rings. The number of hydrogen-bond acceptors (Lipinski definition) is 5. The fourth-order valence-electron chi connectivity index (χ4n) is 3.53. The van der Waals surface area contributed by atoms with Crippen LogP contribution in [-0.2, 0) is 0 Å². The zero-order valence-electron chi connectivity index (χ0n) is 16.0. The normalized spacial score (nSPS) is 16.0. The fourth-order valence-corrected chi connectivity index (χ4v) is 3.53. The minimum absolute atomic E-state index is 0.261. The topological polar surface area (TPSA) is 62.2 Å². The van der Waals surface area contributed by atoms with Crippen molar-refractivity contribution < 1.29 is 19.4 Å². The molecule has 27 heavy (non-hydrogen) atoms. The van der Waals surface area contributed by atoms with E-state index in [1.807, 2.05) is 18.2 Å². The molecule has 6 nitrogen and oxygen atoms in total. The second-order valence-corrected chi connectivity index (χ2v) is 6.67. The van der Waals surface area contributed by atoms with Crippen LogP contribution in [0.25, 0.3) is 0 Å². The maximum Gasteiger partial charge on any atom is 0.335 e. The van der Waals surface area contributed by atoms with Crippen molar-refractivity contribution in [1.82, 2.24) is 4.90 Å². The van der Waals surface area contributed by atoms with Gasteiger partial charge in [0.25, 0.3) is 0 Å². The lowest BCUT2D eigenvalue weighted by molar-refractivity contribution is 0.0697. The van der Waals surface area contributed by atoms with E-state index >= 15 is 0 Å². The first kappa shape index (κ1) is 19.0. The molecular formula is C21H26N2O4. The standard InChI is InChI=1S/C21H26N2O4/c1-15(16-7-8-19(26-2)20(14-16)27-3)22-9-11-23(12-10-22)18-6-4-5-17(13-18)21(24)25/h4-8,13-15H,9-12H2,1-3H3,(H,24,25). The van der Waals surface area contributed by atoms with Gasteiger partial charge < -0.3 is 19.5 Å². The van der Waals surface area contributed by atoms with Crippen molar-refractivity contribution in [2.45, 2.75) is 13.0 Å². The second kappa shape index (κ2) is 8.31. The molecular weight excluding hydrogens is 344 g/mol. The number of methoxy groups -OCH3 is 2. The van der Waals surface area contributed by atoms with Crippen molar-refractivity contribution in [3.8, 4) is 11.5 Å². The summed E-state index contributed by atoms with van der Waals surface area (Å²) in [6.45, 7) is 5.74. The van der Waals surface area contributed by atoms with Gasteiger partial charge in [0.2, 0.25) is 0 Å². The summed E-state index contributed by atoms with van der Waals surface area (Å²) in [4.78, 5) is 15.9. The average Bonchev–Trinajstić information content (AvgIpc) is 2.72. The summed E-state index contributed by atoms with van der Waals surface area (Å²) in [6.07, 6.45) is 0. The van der Waals surface area contributed by atoms with Gasteiger partial charge in [0.1, 0.15) is 0 Å². The molecule has 3 rings (SSSR count). The Morgan fingerprint density at radius 1 is 1.00 bits per heavy atom. The quantitative estimate of drug-likeness (QED) is 0.842. The Hall–Kier alpha value is -2.73. The third kappa shape index (κ3) is 4.17.